The van der Waals surface area contributed by atoms with Crippen LogP contribution >= 0.6 is 0 Å². The molecule has 0 radical (unpaired) electrons. The van der Waals surface area contributed by atoms with Gasteiger partial charge in [0.05, 0.1) is 11.9 Å². The number of halogens is 1. The molecule has 0 fully saturated rings. The van der Waals surface area contributed by atoms with Crippen LogP contribution in [0.5, 0.6) is 0 Å². The topological polar surface area (TPSA) is 50.7 Å². The maximum absolute atomic E-state index is 12.8. The molecule has 1 N–H and O–H groups in total. The highest BCUT2D eigenvalue weighted by molar-refractivity contribution is 5.50. The molecule has 0 atom stereocenters. The van der Waals surface area contributed by atoms with E-state index in [9.17, 15) is 4.39 Å². The van der Waals surface area contributed by atoms with Gasteiger partial charge >= 0.3 is 0 Å². The molecule has 0 amide bonds. The largest absolute Gasteiger partial charge is 0.311 e. The van der Waals surface area contributed by atoms with Crippen LogP contribution < -0.4 is 5.32 Å². The SMILES string of the molecule is Cc1nc(-c2ccc(F)cn2)nc2c1CCNC2. The number of hydrogen-bond acceptors (Lipinski definition) is 4. The van der Waals surface area contributed by atoms with E-state index in [4.69, 9.17) is 0 Å². The van der Waals surface area contributed by atoms with E-state index in [0.717, 1.165) is 30.9 Å². The Bertz CT molecular complexity index is 580. The van der Waals surface area contributed by atoms with Crippen LogP contribution in [0.2, 0.25) is 0 Å². The number of aromatic nitrogens is 3. The Morgan fingerprint density at radius 3 is 2.94 bits per heavy atom. The van der Waals surface area contributed by atoms with E-state index in [1.165, 1.54) is 17.8 Å². The Kier molecular flexibility index (Phi) is 2.76. The third-order valence-corrected chi connectivity index (χ3v) is 3.10. The molecule has 0 saturated heterocycles. The first-order chi connectivity index (χ1) is 8.74. The molecule has 0 spiro atoms. The summed E-state index contributed by atoms with van der Waals surface area (Å²) in [4.78, 5) is 13.0. The summed E-state index contributed by atoms with van der Waals surface area (Å²) < 4.78 is 12.8. The van der Waals surface area contributed by atoms with E-state index in [2.05, 4.69) is 20.3 Å². The molecule has 2 aromatic rings. The van der Waals surface area contributed by atoms with Crippen LogP contribution in [0, 0.1) is 12.7 Å². The molecule has 3 rings (SSSR count). The van der Waals surface area contributed by atoms with Crippen LogP contribution in [0.3, 0.4) is 0 Å². The molecule has 0 saturated carbocycles. The Morgan fingerprint density at radius 1 is 1.28 bits per heavy atom. The van der Waals surface area contributed by atoms with Gasteiger partial charge in [-0.2, -0.15) is 0 Å². The van der Waals surface area contributed by atoms with Gasteiger partial charge in [-0.3, -0.25) is 0 Å². The summed E-state index contributed by atoms with van der Waals surface area (Å²) in [6.45, 7) is 3.71. The van der Waals surface area contributed by atoms with Crippen LogP contribution in [0.1, 0.15) is 17.0 Å². The number of nitrogens with zero attached hydrogens (tertiary/aromatic N) is 3. The molecule has 5 heteroatoms. The van der Waals surface area contributed by atoms with Crippen LogP contribution in [-0.2, 0) is 13.0 Å². The van der Waals surface area contributed by atoms with Crippen LogP contribution in [0.4, 0.5) is 4.39 Å². The second kappa shape index (κ2) is 4.42. The minimum Gasteiger partial charge on any atom is -0.311 e. The molecule has 3 heterocycles. The summed E-state index contributed by atoms with van der Waals surface area (Å²) in [5.41, 5.74) is 3.84. The second-order valence-corrected chi connectivity index (χ2v) is 4.35. The van der Waals surface area contributed by atoms with Crippen molar-refractivity contribution < 1.29 is 4.39 Å². The monoisotopic (exact) mass is 244 g/mol. The van der Waals surface area contributed by atoms with Crippen molar-refractivity contribution in [2.75, 3.05) is 6.54 Å². The molecule has 0 unspecified atom stereocenters. The van der Waals surface area contributed by atoms with Crippen LogP contribution in [0.15, 0.2) is 18.3 Å². The zero-order chi connectivity index (χ0) is 12.5. The van der Waals surface area contributed by atoms with Gasteiger partial charge in [0.1, 0.15) is 11.5 Å². The number of pyridine rings is 1. The van der Waals surface area contributed by atoms with Crippen molar-refractivity contribution in [1.82, 2.24) is 20.3 Å². The van der Waals surface area contributed by atoms with Crippen LogP contribution in [0.25, 0.3) is 11.5 Å². The predicted molar refractivity (Wildman–Crippen MR) is 65.4 cm³/mol. The average molecular weight is 244 g/mol. The van der Waals surface area contributed by atoms with Gasteiger partial charge in [-0.25, -0.2) is 19.3 Å². The van der Waals surface area contributed by atoms with Gasteiger partial charge in [0.2, 0.25) is 0 Å². The van der Waals surface area contributed by atoms with Gasteiger partial charge in [0.15, 0.2) is 5.82 Å². The van der Waals surface area contributed by atoms with Crippen molar-refractivity contribution >= 4 is 0 Å². The van der Waals surface area contributed by atoms with E-state index in [1.54, 1.807) is 6.07 Å². The molecular weight excluding hydrogens is 231 g/mol. The maximum Gasteiger partial charge on any atom is 0.178 e. The van der Waals surface area contributed by atoms with Gasteiger partial charge in [-0.05, 0) is 37.6 Å². The number of nitrogens with one attached hydrogen (secondary N) is 1. The number of aryl methyl sites for hydroxylation is 1. The minimum atomic E-state index is -0.352. The predicted octanol–water partition coefficient (Wildman–Crippen LogP) is 1.63. The molecule has 0 aromatic carbocycles. The lowest BCUT2D eigenvalue weighted by Gasteiger charge is -2.18. The van der Waals surface area contributed by atoms with E-state index >= 15 is 0 Å². The molecular formula is C13H13FN4. The number of hydrogen-bond donors (Lipinski definition) is 1. The van der Waals surface area contributed by atoms with Crippen molar-refractivity contribution in [3.63, 3.8) is 0 Å². The standard InChI is InChI=1S/C13H13FN4/c1-8-10-4-5-15-7-12(10)18-13(17-8)11-3-2-9(14)6-16-11/h2-3,6,15H,4-5,7H2,1H3. The molecule has 1 aliphatic rings. The highest BCUT2D eigenvalue weighted by Crippen LogP contribution is 2.19. The van der Waals surface area contributed by atoms with Crippen LogP contribution in [-0.4, -0.2) is 21.5 Å². The Labute approximate surface area is 104 Å². The average Bonchev–Trinajstić information content (AvgIpc) is 2.39. The van der Waals surface area contributed by atoms with Crippen molar-refractivity contribution in [2.24, 2.45) is 0 Å². The molecule has 18 heavy (non-hydrogen) atoms. The molecule has 0 bridgehead atoms. The van der Waals surface area contributed by atoms with Crippen molar-refractivity contribution in [1.29, 1.82) is 0 Å². The lowest BCUT2D eigenvalue weighted by molar-refractivity contribution is 0.617. The van der Waals surface area contributed by atoms with Gasteiger partial charge < -0.3 is 5.32 Å². The second-order valence-electron chi connectivity index (χ2n) is 4.35. The highest BCUT2D eigenvalue weighted by Gasteiger charge is 2.16. The first-order valence-electron chi connectivity index (χ1n) is 5.93. The van der Waals surface area contributed by atoms with Gasteiger partial charge in [0.25, 0.3) is 0 Å². The van der Waals surface area contributed by atoms with E-state index in [1.807, 2.05) is 6.92 Å². The van der Waals surface area contributed by atoms with Crippen molar-refractivity contribution in [3.05, 3.63) is 41.1 Å². The normalized spacial score (nSPS) is 14.3. The van der Waals surface area contributed by atoms with Gasteiger partial charge in [0, 0.05) is 12.2 Å². The maximum atomic E-state index is 12.8. The fourth-order valence-corrected chi connectivity index (χ4v) is 2.17. The first-order valence-corrected chi connectivity index (χ1v) is 5.93. The highest BCUT2D eigenvalue weighted by atomic mass is 19.1. The summed E-state index contributed by atoms with van der Waals surface area (Å²) in [6, 6.07) is 2.98. The van der Waals surface area contributed by atoms with E-state index in [0.29, 0.717) is 11.5 Å². The molecule has 92 valence electrons. The summed E-state index contributed by atoms with van der Waals surface area (Å²) in [5.74, 6) is 0.213. The van der Waals surface area contributed by atoms with Crippen molar-refractivity contribution in [2.45, 2.75) is 19.9 Å². The van der Waals surface area contributed by atoms with Gasteiger partial charge in [-0.1, -0.05) is 0 Å². The molecule has 2 aromatic heterocycles. The van der Waals surface area contributed by atoms with Gasteiger partial charge in [-0.15, -0.1) is 0 Å². The summed E-state index contributed by atoms with van der Waals surface area (Å²) in [5, 5.41) is 3.29. The molecule has 4 nitrogen and oxygen atoms in total. The Hall–Kier alpha value is -1.88. The minimum absolute atomic E-state index is 0.352. The summed E-state index contributed by atoms with van der Waals surface area (Å²) >= 11 is 0. The Morgan fingerprint density at radius 2 is 2.17 bits per heavy atom. The Balaban J connectivity index is 2.08. The van der Waals surface area contributed by atoms with E-state index in [-0.39, 0.29) is 5.82 Å². The number of rotatable bonds is 1. The third-order valence-electron chi connectivity index (χ3n) is 3.10. The molecule has 1 aliphatic heterocycles. The lowest BCUT2D eigenvalue weighted by atomic mass is 10.0. The zero-order valence-electron chi connectivity index (χ0n) is 10.1. The summed E-state index contributed by atoms with van der Waals surface area (Å²) in [7, 11) is 0. The summed E-state index contributed by atoms with van der Waals surface area (Å²) in [6.07, 6.45) is 2.14. The number of fused-ring (bicyclic) bond motifs is 1. The smallest absolute Gasteiger partial charge is 0.178 e. The molecule has 0 aliphatic carbocycles. The first kappa shape index (κ1) is 11.2. The fraction of sp³-hybridized carbons (Fsp3) is 0.308. The quantitative estimate of drug-likeness (QED) is 0.828. The lowest BCUT2D eigenvalue weighted by Crippen LogP contribution is -2.26. The fourth-order valence-electron chi connectivity index (χ4n) is 2.17. The van der Waals surface area contributed by atoms with Crippen molar-refractivity contribution in [3.8, 4) is 11.5 Å². The zero-order valence-corrected chi connectivity index (χ0v) is 10.1. The van der Waals surface area contributed by atoms with E-state index < -0.39 is 0 Å². The third kappa shape index (κ3) is 1.97.